The van der Waals surface area contributed by atoms with E-state index in [0.29, 0.717) is 6.04 Å². The van der Waals surface area contributed by atoms with Crippen LogP contribution in [0.25, 0.3) is 0 Å². The number of nitrogens with zero attached hydrogens (tertiary/aromatic N) is 1. The molecule has 1 aliphatic heterocycles. The lowest BCUT2D eigenvalue weighted by molar-refractivity contribution is 0.265. The Kier molecular flexibility index (Phi) is 4.77. The normalized spacial score (nSPS) is 31.2. The van der Waals surface area contributed by atoms with Crippen molar-refractivity contribution < 1.29 is 0 Å². The van der Waals surface area contributed by atoms with Crippen LogP contribution in [0.4, 0.5) is 0 Å². The largest absolute Gasteiger partial charge is 0.298 e. The van der Waals surface area contributed by atoms with E-state index in [1.807, 2.05) is 11.8 Å². The summed E-state index contributed by atoms with van der Waals surface area (Å²) in [6, 6.07) is 0.638. The zero-order chi connectivity index (χ0) is 8.97. The third kappa shape index (κ3) is 2.54. The third-order valence-corrected chi connectivity index (χ3v) is 3.65. The second kappa shape index (κ2) is 5.36. The fraction of sp³-hybridized carbons (Fsp3) is 1.00. The standard InChI is InChI=1S/C9H18ClNS/c1-8-3-4-11(5-6-12-2)9(8)7-10/h8-9H,3-7H2,1-2H3. The average Bonchev–Trinajstić information content (AvgIpc) is 2.43. The van der Waals surface area contributed by atoms with Crippen LogP contribution in [-0.4, -0.2) is 41.9 Å². The first-order chi connectivity index (χ1) is 5.79. The molecule has 1 aliphatic rings. The smallest absolute Gasteiger partial charge is 0.0382 e. The van der Waals surface area contributed by atoms with Crippen LogP contribution < -0.4 is 0 Å². The van der Waals surface area contributed by atoms with Crippen molar-refractivity contribution in [3.8, 4) is 0 Å². The number of thioether (sulfide) groups is 1. The highest BCUT2D eigenvalue weighted by molar-refractivity contribution is 7.98. The van der Waals surface area contributed by atoms with Crippen molar-refractivity contribution in [1.82, 2.24) is 4.90 Å². The van der Waals surface area contributed by atoms with E-state index in [9.17, 15) is 0 Å². The lowest BCUT2D eigenvalue weighted by Crippen LogP contribution is -2.35. The van der Waals surface area contributed by atoms with Crippen molar-refractivity contribution in [1.29, 1.82) is 0 Å². The van der Waals surface area contributed by atoms with E-state index in [2.05, 4.69) is 18.1 Å². The van der Waals surface area contributed by atoms with Crippen LogP contribution in [0.2, 0.25) is 0 Å². The first-order valence-electron chi connectivity index (χ1n) is 4.58. The molecule has 0 aromatic carbocycles. The number of hydrogen-bond acceptors (Lipinski definition) is 2. The van der Waals surface area contributed by atoms with Gasteiger partial charge in [0.15, 0.2) is 0 Å². The van der Waals surface area contributed by atoms with Gasteiger partial charge >= 0.3 is 0 Å². The molecule has 0 radical (unpaired) electrons. The highest BCUT2D eigenvalue weighted by Gasteiger charge is 2.29. The summed E-state index contributed by atoms with van der Waals surface area (Å²) in [4.78, 5) is 2.54. The first kappa shape index (κ1) is 10.7. The Hall–Kier alpha value is 0.600. The van der Waals surface area contributed by atoms with E-state index in [0.717, 1.165) is 11.8 Å². The fourth-order valence-corrected chi connectivity index (χ4v) is 2.74. The molecule has 1 nitrogen and oxygen atoms in total. The summed E-state index contributed by atoms with van der Waals surface area (Å²) in [6.45, 7) is 4.77. The van der Waals surface area contributed by atoms with Gasteiger partial charge in [-0.1, -0.05) is 6.92 Å². The molecule has 3 heteroatoms. The van der Waals surface area contributed by atoms with E-state index < -0.39 is 0 Å². The molecule has 1 fully saturated rings. The predicted molar refractivity (Wildman–Crippen MR) is 58.2 cm³/mol. The summed E-state index contributed by atoms with van der Waals surface area (Å²) in [5.74, 6) is 2.83. The number of rotatable bonds is 4. The molecular formula is C9H18ClNS. The van der Waals surface area contributed by atoms with Crippen molar-refractivity contribution in [2.75, 3.05) is 31.0 Å². The minimum Gasteiger partial charge on any atom is -0.298 e. The van der Waals surface area contributed by atoms with E-state index in [1.165, 1.54) is 25.3 Å². The van der Waals surface area contributed by atoms with Crippen LogP contribution in [0.5, 0.6) is 0 Å². The molecule has 0 aromatic heterocycles. The van der Waals surface area contributed by atoms with Crippen molar-refractivity contribution in [2.45, 2.75) is 19.4 Å². The molecule has 1 heterocycles. The van der Waals surface area contributed by atoms with Gasteiger partial charge in [-0.15, -0.1) is 11.6 Å². The Morgan fingerprint density at radius 3 is 2.92 bits per heavy atom. The van der Waals surface area contributed by atoms with E-state index in [-0.39, 0.29) is 0 Å². The number of halogens is 1. The Labute approximate surface area is 84.8 Å². The Balaban J connectivity index is 2.32. The molecule has 0 amide bonds. The van der Waals surface area contributed by atoms with Gasteiger partial charge in [0.05, 0.1) is 0 Å². The molecule has 1 saturated heterocycles. The van der Waals surface area contributed by atoms with Crippen LogP contribution in [-0.2, 0) is 0 Å². The summed E-state index contributed by atoms with van der Waals surface area (Å²) < 4.78 is 0. The maximum Gasteiger partial charge on any atom is 0.0382 e. The van der Waals surface area contributed by atoms with E-state index >= 15 is 0 Å². The second-order valence-corrected chi connectivity index (χ2v) is 4.81. The van der Waals surface area contributed by atoms with Gasteiger partial charge in [-0.2, -0.15) is 11.8 Å². The van der Waals surface area contributed by atoms with Crippen LogP contribution in [0.1, 0.15) is 13.3 Å². The summed E-state index contributed by atoms with van der Waals surface area (Å²) in [7, 11) is 0. The molecule has 0 bridgehead atoms. The predicted octanol–water partition coefficient (Wildman–Crippen LogP) is 2.30. The Morgan fingerprint density at radius 2 is 2.33 bits per heavy atom. The van der Waals surface area contributed by atoms with Crippen molar-refractivity contribution in [3.63, 3.8) is 0 Å². The lowest BCUT2D eigenvalue weighted by Gasteiger charge is -2.24. The van der Waals surface area contributed by atoms with Crippen molar-refractivity contribution in [2.24, 2.45) is 5.92 Å². The zero-order valence-electron chi connectivity index (χ0n) is 7.92. The van der Waals surface area contributed by atoms with E-state index in [4.69, 9.17) is 11.6 Å². The molecule has 72 valence electrons. The minimum atomic E-state index is 0.638. The minimum absolute atomic E-state index is 0.638. The molecule has 0 N–H and O–H groups in total. The monoisotopic (exact) mass is 207 g/mol. The third-order valence-electron chi connectivity index (χ3n) is 2.74. The Bertz CT molecular complexity index is 132. The molecule has 0 aromatic rings. The number of likely N-dealkylation sites (tertiary alicyclic amines) is 1. The van der Waals surface area contributed by atoms with Crippen molar-refractivity contribution >= 4 is 23.4 Å². The quantitative estimate of drug-likeness (QED) is 0.651. The fourth-order valence-electron chi connectivity index (χ4n) is 1.82. The van der Waals surface area contributed by atoms with Gasteiger partial charge in [-0.05, 0) is 25.1 Å². The first-order valence-corrected chi connectivity index (χ1v) is 6.51. The van der Waals surface area contributed by atoms with Gasteiger partial charge in [0, 0.05) is 24.2 Å². The summed E-state index contributed by atoms with van der Waals surface area (Å²) in [5.41, 5.74) is 0. The van der Waals surface area contributed by atoms with Crippen LogP contribution in [0, 0.1) is 5.92 Å². The zero-order valence-corrected chi connectivity index (χ0v) is 9.50. The van der Waals surface area contributed by atoms with Gasteiger partial charge < -0.3 is 0 Å². The molecule has 0 saturated carbocycles. The lowest BCUT2D eigenvalue weighted by atomic mass is 10.1. The van der Waals surface area contributed by atoms with Gasteiger partial charge in [0.2, 0.25) is 0 Å². The molecular weight excluding hydrogens is 190 g/mol. The van der Waals surface area contributed by atoms with Crippen LogP contribution in [0.15, 0.2) is 0 Å². The highest BCUT2D eigenvalue weighted by atomic mass is 35.5. The summed E-state index contributed by atoms with van der Waals surface area (Å²) in [5, 5.41) is 0. The second-order valence-electron chi connectivity index (χ2n) is 3.52. The average molecular weight is 208 g/mol. The molecule has 1 rings (SSSR count). The maximum absolute atomic E-state index is 5.93. The van der Waals surface area contributed by atoms with Crippen LogP contribution >= 0.6 is 23.4 Å². The Morgan fingerprint density at radius 1 is 1.58 bits per heavy atom. The summed E-state index contributed by atoms with van der Waals surface area (Å²) in [6.07, 6.45) is 3.49. The molecule has 0 spiro atoms. The number of alkyl halides is 1. The van der Waals surface area contributed by atoms with Gasteiger partial charge in [0.25, 0.3) is 0 Å². The maximum atomic E-state index is 5.93. The molecule has 2 atom stereocenters. The van der Waals surface area contributed by atoms with Gasteiger partial charge in [0.1, 0.15) is 0 Å². The molecule has 0 aliphatic carbocycles. The number of hydrogen-bond donors (Lipinski definition) is 0. The SMILES string of the molecule is CSCCN1CCC(C)C1CCl. The van der Waals surface area contributed by atoms with Gasteiger partial charge in [-0.25, -0.2) is 0 Å². The topological polar surface area (TPSA) is 3.24 Å². The van der Waals surface area contributed by atoms with E-state index in [1.54, 1.807) is 0 Å². The molecule has 12 heavy (non-hydrogen) atoms. The van der Waals surface area contributed by atoms with Gasteiger partial charge in [-0.3, -0.25) is 4.90 Å². The molecule has 2 unspecified atom stereocenters. The highest BCUT2D eigenvalue weighted by Crippen LogP contribution is 2.24. The van der Waals surface area contributed by atoms with Crippen LogP contribution in [0.3, 0.4) is 0 Å². The van der Waals surface area contributed by atoms with Crippen molar-refractivity contribution in [3.05, 3.63) is 0 Å². The summed E-state index contributed by atoms with van der Waals surface area (Å²) >= 11 is 7.85.